The molecule has 8 nitrogen and oxygen atoms in total. The number of carbonyl (C=O) groups is 2. The molecule has 19 heavy (non-hydrogen) atoms. The van der Waals surface area contributed by atoms with E-state index in [9.17, 15) is 18.0 Å². The maximum absolute atomic E-state index is 11.5. The molecule has 0 bridgehead atoms. The Hall–Kier alpha value is -1.35. The van der Waals surface area contributed by atoms with Crippen LogP contribution in [0.15, 0.2) is 0 Å². The van der Waals surface area contributed by atoms with Crippen LogP contribution in [-0.2, 0) is 14.8 Å². The van der Waals surface area contributed by atoms with E-state index in [1.165, 1.54) is 7.05 Å². The Kier molecular flexibility index (Phi) is 6.23. The molecule has 0 unspecified atom stereocenters. The van der Waals surface area contributed by atoms with Crippen molar-refractivity contribution in [1.82, 2.24) is 15.4 Å². The van der Waals surface area contributed by atoms with Gasteiger partial charge in [0.2, 0.25) is 10.0 Å². The number of rotatable bonds is 6. The molecule has 2 amide bonds. The third-order valence-corrected chi connectivity index (χ3v) is 3.72. The predicted molar refractivity (Wildman–Crippen MR) is 70.3 cm³/mol. The Labute approximate surface area is 113 Å². The zero-order valence-corrected chi connectivity index (χ0v) is 12.3. The van der Waals surface area contributed by atoms with Gasteiger partial charge in [-0.3, -0.25) is 0 Å². The Morgan fingerprint density at radius 1 is 1.26 bits per heavy atom. The molecule has 112 valence electrons. The molecule has 0 aromatic rings. The number of nitrogens with one attached hydrogen (secondary N) is 3. The molecule has 0 rings (SSSR count). The fourth-order valence-electron chi connectivity index (χ4n) is 1.23. The van der Waals surface area contributed by atoms with Gasteiger partial charge in [0.1, 0.15) is 6.04 Å². The zero-order chi connectivity index (χ0) is 15.3. The van der Waals surface area contributed by atoms with E-state index >= 15 is 0 Å². The molecule has 0 aromatic heterocycles. The molecule has 0 aliphatic rings. The number of carboxylic acids is 1. The van der Waals surface area contributed by atoms with Crippen LogP contribution in [0.1, 0.15) is 20.8 Å². The number of urea groups is 1. The van der Waals surface area contributed by atoms with Crippen LogP contribution in [-0.4, -0.2) is 50.9 Å². The Morgan fingerprint density at radius 2 is 1.79 bits per heavy atom. The molecule has 0 aliphatic carbocycles. The first-order chi connectivity index (χ1) is 8.49. The van der Waals surface area contributed by atoms with Crippen LogP contribution in [0.3, 0.4) is 0 Å². The molecule has 9 heteroatoms. The minimum atomic E-state index is -3.40. The molecule has 0 saturated carbocycles. The van der Waals surface area contributed by atoms with Gasteiger partial charge in [-0.05, 0) is 12.5 Å². The van der Waals surface area contributed by atoms with Crippen LogP contribution in [0, 0.1) is 5.41 Å². The van der Waals surface area contributed by atoms with Crippen LogP contribution in [0.2, 0.25) is 0 Å². The summed E-state index contributed by atoms with van der Waals surface area (Å²) in [6, 6.07) is -1.78. The third kappa shape index (κ3) is 6.97. The average Bonchev–Trinajstić information content (AvgIpc) is 2.23. The second kappa shape index (κ2) is 6.71. The molecule has 0 saturated heterocycles. The molecule has 1 atom stereocenters. The minimum absolute atomic E-state index is 0.106. The van der Waals surface area contributed by atoms with E-state index in [1.54, 1.807) is 20.8 Å². The topological polar surface area (TPSA) is 125 Å². The van der Waals surface area contributed by atoms with Crippen molar-refractivity contribution >= 4 is 22.0 Å². The summed E-state index contributed by atoms with van der Waals surface area (Å²) in [5.41, 5.74) is -0.653. The summed E-state index contributed by atoms with van der Waals surface area (Å²) in [5, 5.41) is 13.6. The third-order valence-electron chi connectivity index (χ3n) is 2.36. The fraction of sp³-hybridized carbons (Fsp3) is 0.800. The van der Waals surface area contributed by atoms with Crippen LogP contribution < -0.4 is 15.4 Å². The van der Waals surface area contributed by atoms with Crippen molar-refractivity contribution in [3.05, 3.63) is 0 Å². The van der Waals surface area contributed by atoms with E-state index in [0.29, 0.717) is 0 Å². The van der Waals surface area contributed by atoms with Crippen molar-refractivity contribution in [2.45, 2.75) is 26.8 Å². The van der Waals surface area contributed by atoms with Crippen molar-refractivity contribution in [2.75, 3.05) is 19.3 Å². The van der Waals surface area contributed by atoms with E-state index in [1.807, 2.05) is 0 Å². The van der Waals surface area contributed by atoms with Crippen molar-refractivity contribution in [1.29, 1.82) is 0 Å². The molecular formula is C10H21N3O5S. The quantitative estimate of drug-likeness (QED) is 0.517. The molecule has 0 aliphatic heterocycles. The Balaban J connectivity index is 4.35. The molecular weight excluding hydrogens is 274 g/mol. The van der Waals surface area contributed by atoms with E-state index in [2.05, 4.69) is 15.4 Å². The first kappa shape index (κ1) is 17.6. The van der Waals surface area contributed by atoms with Gasteiger partial charge in [-0.2, -0.15) is 0 Å². The van der Waals surface area contributed by atoms with Gasteiger partial charge in [-0.25, -0.2) is 22.7 Å². The van der Waals surface area contributed by atoms with Gasteiger partial charge in [0.15, 0.2) is 0 Å². The maximum Gasteiger partial charge on any atom is 0.326 e. The first-order valence-corrected chi connectivity index (χ1v) is 7.33. The SMILES string of the molecule is CNS(=O)(=O)CCNC(=O)N[C@H](C(=O)O)C(C)(C)C. The maximum atomic E-state index is 11.5. The van der Waals surface area contributed by atoms with Gasteiger partial charge in [-0.1, -0.05) is 20.8 Å². The summed E-state index contributed by atoms with van der Waals surface area (Å²) in [6.45, 7) is 4.93. The zero-order valence-electron chi connectivity index (χ0n) is 11.5. The number of carboxylic acid groups (broad SMARTS) is 1. The monoisotopic (exact) mass is 295 g/mol. The average molecular weight is 295 g/mol. The lowest BCUT2D eigenvalue weighted by atomic mass is 9.87. The lowest BCUT2D eigenvalue weighted by Crippen LogP contribution is -2.52. The lowest BCUT2D eigenvalue weighted by molar-refractivity contribution is -0.141. The molecule has 4 N–H and O–H groups in total. The smallest absolute Gasteiger partial charge is 0.326 e. The molecule has 0 heterocycles. The highest BCUT2D eigenvalue weighted by Gasteiger charge is 2.32. The van der Waals surface area contributed by atoms with Crippen molar-refractivity contribution in [3.8, 4) is 0 Å². The summed E-state index contributed by atoms with van der Waals surface area (Å²) in [6.07, 6.45) is 0. The Morgan fingerprint density at radius 3 is 2.16 bits per heavy atom. The van der Waals surface area contributed by atoms with Crippen molar-refractivity contribution < 1.29 is 23.1 Å². The van der Waals surface area contributed by atoms with Crippen molar-refractivity contribution in [2.24, 2.45) is 5.41 Å². The number of sulfonamides is 1. The van der Waals surface area contributed by atoms with Gasteiger partial charge in [0.05, 0.1) is 5.75 Å². The highest BCUT2D eigenvalue weighted by atomic mass is 32.2. The minimum Gasteiger partial charge on any atom is -0.480 e. The van der Waals surface area contributed by atoms with E-state index < -0.39 is 33.5 Å². The van der Waals surface area contributed by atoms with Gasteiger partial charge >= 0.3 is 12.0 Å². The number of amides is 2. The summed E-state index contributed by atoms with van der Waals surface area (Å²) < 4.78 is 24.3. The normalized spacial score (nSPS) is 13.7. The van der Waals surface area contributed by atoms with Gasteiger partial charge in [0, 0.05) is 6.54 Å². The molecule has 0 spiro atoms. The second-order valence-electron chi connectivity index (χ2n) is 5.06. The second-order valence-corrected chi connectivity index (χ2v) is 7.11. The van der Waals surface area contributed by atoms with Crippen LogP contribution in [0.5, 0.6) is 0 Å². The predicted octanol–water partition coefficient (Wildman–Crippen LogP) is -0.666. The molecule has 0 aromatic carbocycles. The summed E-state index contributed by atoms with van der Waals surface area (Å²) in [7, 11) is -2.12. The number of carbonyl (C=O) groups excluding carboxylic acids is 1. The first-order valence-electron chi connectivity index (χ1n) is 5.68. The van der Waals surface area contributed by atoms with Gasteiger partial charge in [0.25, 0.3) is 0 Å². The number of aliphatic carboxylic acids is 1. The van der Waals surface area contributed by atoms with E-state index in [4.69, 9.17) is 5.11 Å². The van der Waals surface area contributed by atoms with Gasteiger partial charge < -0.3 is 15.7 Å². The highest BCUT2D eigenvalue weighted by molar-refractivity contribution is 7.89. The Bertz CT molecular complexity index is 427. The summed E-state index contributed by atoms with van der Waals surface area (Å²) >= 11 is 0. The molecule has 0 fully saturated rings. The largest absolute Gasteiger partial charge is 0.480 e. The van der Waals surface area contributed by atoms with E-state index in [0.717, 1.165) is 0 Å². The van der Waals surface area contributed by atoms with Gasteiger partial charge in [-0.15, -0.1) is 0 Å². The van der Waals surface area contributed by atoms with Crippen molar-refractivity contribution in [3.63, 3.8) is 0 Å². The van der Waals surface area contributed by atoms with Crippen LogP contribution >= 0.6 is 0 Å². The van der Waals surface area contributed by atoms with E-state index in [-0.39, 0.29) is 12.3 Å². The van der Waals surface area contributed by atoms with Crippen LogP contribution in [0.25, 0.3) is 0 Å². The number of hydrogen-bond donors (Lipinski definition) is 4. The number of hydrogen-bond acceptors (Lipinski definition) is 4. The molecule has 0 radical (unpaired) electrons. The lowest BCUT2D eigenvalue weighted by Gasteiger charge is -2.27. The van der Waals surface area contributed by atoms with Crippen LogP contribution in [0.4, 0.5) is 4.79 Å². The standard InChI is InChI=1S/C10H21N3O5S/c1-10(2,3)7(8(14)15)13-9(16)12-5-6-19(17,18)11-4/h7,11H,5-6H2,1-4H3,(H,14,15)(H2,12,13,16)/t7-/m1/s1. The summed E-state index contributed by atoms with van der Waals surface area (Å²) in [4.78, 5) is 22.5. The fourth-order valence-corrected chi connectivity index (χ4v) is 1.81. The summed E-state index contributed by atoms with van der Waals surface area (Å²) in [5.74, 6) is -1.42. The highest BCUT2D eigenvalue weighted by Crippen LogP contribution is 2.19.